The van der Waals surface area contributed by atoms with Crippen LogP contribution in [0.3, 0.4) is 0 Å². The normalized spacial score (nSPS) is 17.5. The third-order valence-electron chi connectivity index (χ3n) is 4.65. The molecule has 1 N–H and O–H groups in total. The molecule has 0 radical (unpaired) electrons. The van der Waals surface area contributed by atoms with Gasteiger partial charge in [-0.2, -0.15) is 13.2 Å². The molecule has 0 bridgehead atoms. The number of halogens is 3. The second kappa shape index (κ2) is 9.12. The van der Waals surface area contributed by atoms with E-state index in [2.05, 4.69) is 10.2 Å². The minimum absolute atomic E-state index is 0.0926. The smallest absolute Gasteiger partial charge is 0.370 e. The number of nitrogens with zero attached hydrogens (tertiary/aromatic N) is 3. The zero-order valence-corrected chi connectivity index (χ0v) is 15.3. The van der Waals surface area contributed by atoms with Crippen LogP contribution in [0.5, 0.6) is 0 Å². The summed E-state index contributed by atoms with van der Waals surface area (Å²) in [6, 6.07) is 9.75. The van der Waals surface area contributed by atoms with Gasteiger partial charge in [0.25, 0.3) is 0 Å². The number of nitrogens with one attached hydrogen (secondary N) is 1. The van der Waals surface area contributed by atoms with Gasteiger partial charge in [-0.05, 0) is 25.5 Å². The average Bonchev–Trinajstić information content (AvgIpc) is 2.83. The van der Waals surface area contributed by atoms with Crippen LogP contribution in [0.2, 0.25) is 0 Å². The Bertz CT molecular complexity index is 567. The molecule has 1 aromatic rings. The van der Waals surface area contributed by atoms with E-state index in [0.717, 1.165) is 5.69 Å². The number of rotatable bonds is 5. The summed E-state index contributed by atoms with van der Waals surface area (Å²) in [4.78, 5) is 17.4. The highest BCUT2D eigenvalue weighted by Crippen LogP contribution is 2.18. The maximum absolute atomic E-state index is 12.5. The van der Waals surface area contributed by atoms with Gasteiger partial charge in [0.2, 0.25) is 0 Å². The van der Waals surface area contributed by atoms with Crippen molar-refractivity contribution in [1.82, 2.24) is 15.1 Å². The first kappa shape index (κ1) is 20.4. The van der Waals surface area contributed by atoms with Crippen molar-refractivity contribution in [3.05, 3.63) is 30.3 Å². The van der Waals surface area contributed by atoms with E-state index in [1.54, 1.807) is 4.90 Å². The van der Waals surface area contributed by atoms with E-state index in [1.165, 1.54) is 4.90 Å². The molecule has 1 atom stereocenters. The van der Waals surface area contributed by atoms with E-state index in [1.807, 2.05) is 44.3 Å². The number of hydrogen-bond acceptors (Lipinski definition) is 3. The van der Waals surface area contributed by atoms with Gasteiger partial charge in [-0.25, -0.2) is 4.79 Å². The number of anilines is 1. The van der Waals surface area contributed by atoms with Gasteiger partial charge in [-0.1, -0.05) is 18.2 Å². The molecule has 0 aromatic heterocycles. The Kier molecular flexibility index (Phi) is 7.14. The van der Waals surface area contributed by atoms with Gasteiger partial charge in [-0.3, -0.25) is 4.90 Å². The molecule has 0 spiro atoms. The number of urea groups is 1. The first-order chi connectivity index (χ1) is 12.3. The largest absolute Gasteiger partial charge is 0.401 e. The third-order valence-corrected chi connectivity index (χ3v) is 4.65. The van der Waals surface area contributed by atoms with Gasteiger partial charge in [-0.15, -0.1) is 0 Å². The summed E-state index contributed by atoms with van der Waals surface area (Å²) in [6.07, 6.45) is -3.65. The lowest BCUT2D eigenvalue weighted by Crippen LogP contribution is -2.47. The zero-order chi connectivity index (χ0) is 19.2. The Labute approximate surface area is 152 Å². The van der Waals surface area contributed by atoms with Gasteiger partial charge in [0.1, 0.15) is 0 Å². The van der Waals surface area contributed by atoms with Gasteiger partial charge in [0.05, 0.1) is 6.54 Å². The number of para-hydroxylation sites is 1. The van der Waals surface area contributed by atoms with Crippen molar-refractivity contribution in [1.29, 1.82) is 0 Å². The van der Waals surface area contributed by atoms with E-state index in [4.69, 9.17) is 0 Å². The minimum atomic E-state index is -4.20. The number of carbonyl (C=O) groups excluding carboxylic acids is 1. The molecule has 1 saturated heterocycles. The molecule has 2 rings (SSSR count). The van der Waals surface area contributed by atoms with Crippen molar-refractivity contribution in [3.8, 4) is 0 Å². The monoisotopic (exact) mass is 372 g/mol. The number of benzene rings is 1. The number of likely N-dealkylation sites (N-methyl/N-ethyl adjacent to an activating group) is 1. The Morgan fingerprint density at radius 3 is 2.54 bits per heavy atom. The van der Waals surface area contributed by atoms with E-state index in [0.29, 0.717) is 32.6 Å². The standard InChI is InChI=1S/C18H27F3N4O/c1-15(23(2)16-7-4-3-5-8-16)13-22-17(26)25-10-6-9-24(11-12-25)14-18(19,20)21/h3-5,7-8,15H,6,9-14H2,1-2H3,(H,22,26). The Balaban J connectivity index is 1.78. The molecule has 26 heavy (non-hydrogen) atoms. The topological polar surface area (TPSA) is 38.8 Å². The molecule has 1 heterocycles. The minimum Gasteiger partial charge on any atom is -0.370 e. The van der Waals surface area contributed by atoms with Crippen molar-refractivity contribution in [3.63, 3.8) is 0 Å². The van der Waals surface area contributed by atoms with Crippen LogP contribution < -0.4 is 10.2 Å². The van der Waals surface area contributed by atoms with Crippen molar-refractivity contribution in [2.45, 2.75) is 25.6 Å². The van der Waals surface area contributed by atoms with Crippen LogP contribution in [-0.2, 0) is 0 Å². The van der Waals surface area contributed by atoms with Crippen molar-refractivity contribution < 1.29 is 18.0 Å². The summed E-state index contributed by atoms with van der Waals surface area (Å²) in [5.74, 6) is 0. The summed E-state index contributed by atoms with van der Waals surface area (Å²) in [5.41, 5.74) is 1.06. The van der Waals surface area contributed by atoms with Gasteiger partial charge in [0, 0.05) is 51.5 Å². The fourth-order valence-electron chi connectivity index (χ4n) is 2.99. The van der Waals surface area contributed by atoms with Crippen LogP contribution in [0.15, 0.2) is 30.3 Å². The molecule has 1 unspecified atom stereocenters. The van der Waals surface area contributed by atoms with Crippen molar-refractivity contribution in [2.75, 3.05) is 51.2 Å². The van der Waals surface area contributed by atoms with Gasteiger partial charge < -0.3 is 15.1 Å². The highest BCUT2D eigenvalue weighted by Gasteiger charge is 2.31. The number of amides is 2. The zero-order valence-electron chi connectivity index (χ0n) is 15.3. The van der Waals surface area contributed by atoms with Crippen LogP contribution in [0.4, 0.5) is 23.7 Å². The molecule has 1 aliphatic rings. The molecule has 8 heteroatoms. The fraction of sp³-hybridized carbons (Fsp3) is 0.611. The summed E-state index contributed by atoms with van der Waals surface area (Å²) >= 11 is 0. The van der Waals surface area contributed by atoms with Gasteiger partial charge in [0.15, 0.2) is 0 Å². The van der Waals surface area contributed by atoms with Crippen LogP contribution >= 0.6 is 0 Å². The summed E-state index contributed by atoms with van der Waals surface area (Å²) in [6.45, 7) is 2.95. The fourth-order valence-corrected chi connectivity index (χ4v) is 2.99. The van der Waals surface area contributed by atoms with Crippen LogP contribution in [-0.4, -0.2) is 74.4 Å². The van der Waals surface area contributed by atoms with E-state index < -0.39 is 12.7 Å². The Hall–Kier alpha value is -1.96. The van der Waals surface area contributed by atoms with E-state index >= 15 is 0 Å². The van der Waals surface area contributed by atoms with Crippen molar-refractivity contribution >= 4 is 11.7 Å². The molecule has 0 aliphatic carbocycles. The second-order valence-corrected chi connectivity index (χ2v) is 6.71. The van der Waals surface area contributed by atoms with E-state index in [-0.39, 0.29) is 18.6 Å². The van der Waals surface area contributed by atoms with Crippen LogP contribution in [0, 0.1) is 0 Å². The predicted octanol–water partition coefficient (Wildman–Crippen LogP) is 2.79. The molecular weight excluding hydrogens is 345 g/mol. The molecule has 1 aromatic carbocycles. The summed E-state index contributed by atoms with van der Waals surface area (Å²) in [5, 5.41) is 2.90. The first-order valence-corrected chi connectivity index (χ1v) is 8.86. The lowest BCUT2D eigenvalue weighted by Gasteiger charge is -2.29. The molecule has 1 aliphatic heterocycles. The maximum atomic E-state index is 12.5. The molecule has 5 nitrogen and oxygen atoms in total. The highest BCUT2D eigenvalue weighted by molar-refractivity contribution is 5.74. The Morgan fingerprint density at radius 1 is 1.19 bits per heavy atom. The van der Waals surface area contributed by atoms with Crippen molar-refractivity contribution in [2.24, 2.45) is 0 Å². The second-order valence-electron chi connectivity index (χ2n) is 6.71. The Morgan fingerprint density at radius 2 is 1.88 bits per heavy atom. The van der Waals surface area contributed by atoms with E-state index in [9.17, 15) is 18.0 Å². The third kappa shape index (κ3) is 6.40. The van der Waals surface area contributed by atoms with Crippen LogP contribution in [0.25, 0.3) is 0 Å². The first-order valence-electron chi connectivity index (χ1n) is 8.86. The van der Waals surface area contributed by atoms with Gasteiger partial charge >= 0.3 is 12.2 Å². The number of hydrogen-bond donors (Lipinski definition) is 1. The SMILES string of the molecule is CC(CNC(=O)N1CCCN(CC(F)(F)F)CC1)N(C)c1ccccc1. The maximum Gasteiger partial charge on any atom is 0.401 e. The highest BCUT2D eigenvalue weighted by atomic mass is 19.4. The lowest BCUT2D eigenvalue weighted by atomic mass is 10.2. The summed E-state index contributed by atoms with van der Waals surface area (Å²) in [7, 11) is 1.97. The van der Waals surface area contributed by atoms with Crippen LogP contribution in [0.1, 0.15) is 13.3 Å². The molecule has 2 amide bonds. The summed E-state index contributed by atoms with van der Waals surface area (Å²) < 4.78 is 37.5. The number of carbonyl (C=O) groups is 1. The molecule has 0 saturated carbocycles. The quantitative estimate of drug-likeness (QED) is 0.864. The molecule has 1 fully saturated rings. The predicted molar refractivity (Wildman–Crippen MR) is 96.4 cm³/mol. The lowest BCUT2D eigenvalue weighted by molar-refractivity contribution is -0.145. The average molecular weight is 372 g/mol. The molecular formula is C18H27F3N4O. The number of alkyl halides is 3. The molecule has 146 valence electrons.